The molecule has 0 fully saturated rings. The first kappa shape index (κ1) is 24.1. The van der Waals surface area contributed by atoms with Crippen molar-refractivity contribution in [2.24, 2.45) is 0 Å². The van der Waals surface area contributed by atoms with Gasteiger partial charge < -0.3 is 15.2 Å². The predicted molar refractivity (Wildman–Crippen MR) is 130 cm³/mol. The number of nitrogens with one attached hydrogen (secondary N) is 2. The third-order valence-electron chi connectivity index (χ3n) is 4.64. The van der Waals surface area contributed by atoms with E-state index in [-0.39, 0.29) is 24.0 Å². The molecule has 0 atom stereocenters. The zero-order valence-electron chi connectivity index (χ0n) is 17.7. The van der Waals surface area contributed by atoms with Crippen molar-refractivity contribution < 1.29 is 9.59 Å². The number of benzene rings is 2. The Morgan fingerprint density at radius 1 is 1.00 bits per heavy atom. The fourth-order valence-electron chi connectivity index (χ4n) is 3.06. The molecule has 32 heavy (non-hydrogen) atoms. The van der Waals surface area contributed by atoms with Crippen LogP contribution in [0.2, 0.25) is 10.0 Å². The molecule has 2 amide bonds. The van der Waals surface area contributed by atoms with Crippen LogP contribution in [0.25, 0.3) is 0 Å². The van der Waals surface area contributed by atoms with E-state index >= 15 is 0 Å². The fraction of sp³-hybridized carbons (Fsp3) is 0.273. The molecule has 1 aromatic heterocycles. The highest BCUT2D eigenvalue weighted by Crippen LogP contribution is 2.25. The average Bonchev–Trinajstić information content (AvgIpc) is 3.16. The van der Waals surface area contributed by atoms with Crippen LogP contribution in [0.3, 0.4) is 0 Å². The van der Waals surface area contributed by atoms with Gasteiger partial charge in [0.1, 0.15) is 5.82 Å². The Bertz CT molecular complexity index is 1120. The van der Waals surface area contributed by atoms with E-state index in [1.165, 1.54) is 11.8 Å². The summed E-state index contributed by atoms with van der Waals surface area (Å²) in [5, 5.41) is 15.4. The Labute approximate surface area is 200 Å². The Morgan fingerprint density at radius 3 is 2.50 bits per heavy atom. The van der Waals surface area contributed by atoms with E-state index in [9.17, 15) is 9.59 Å². The molecule has 2 N–H and O–H groups in total. The molecular formula is C22H23Cl2N5O2S. The number of aryl methyl sites for hydroxylation is 1. The van der Waals surface area contributed by atoms with Gasteiger partial charge in [0.05, 0.1) is 22.2 Å². The van der Waals surface area contributed by atoms with Crippen LogP contribution >= 0.6 is 35.0 Å². The second-order valence-electron chi connectivity index (χ2n) is 6.84. The van der Waals surface area contributed by atoms with Gasteiger partial charge in [-0.05, 0) is 43.2 Å². The summed E-state index contributed by atoms with van der Waals surface area (Å²) in [6, 6.07) is 12.6. The van der Waals surface area contributed by atoms with Crippen LogP contribution in [0, 0.1) is 0 Å². The maximum atomic E-state index is 12.6. The van der Waals surface area contributed by atoms with Crippen LogP contribution in [-0.2, 0) is 29.0 Å². The monoisotopic (exact) mass is 491 g/mol. The summed E-state index contributed by atoms with van der Waals surface area (Å²) >= 11 is 13.1. The second kappa shape index (κ2) is 11.4. The molecule has 168 valence electrons. The molecule has 0 unspecified atom stereocenters. The molecule has 2 aromatic carbocycles. The van der Waals surface area contributed by atoms with Crippen LogP contribution in [-0.4, -0.2) is 32.3 Å². The molecule has 0 bridgehead atoms. The first-order valence-electron chi connectivity index (χ1n) is 10.1. The van der Waals surface area contributed by atoms with Gasteiger partial charge in [0.2, 0.25) is 11.8 Å². The van der Waals surface area contributed by atoms with Gasteiger partial charge in [-0.1, -0.05) is 60.1 Å². The Balaban J connectivity index is 1.59. The normalized spacial score (nSPS) is 10.8. The maximum absolute atomic E-state index is 12.6. The summed E-state index contributed by atoms with van der Waals surface area (Å²) < 4.78 is 1.84. The molecular weight excluding hydrogens is 469 g/mol. The number of aromatic nitrogens is 3. The number of carbonyl (C=O) groups is 2. The minimum absolute atomic E-state index is 0.0922. The topological polar surface area (TPSA) is 88.9 Å². The number of hydrogen-bond acceptors (Lipinski definition) is 5. The molecule has 0 aliphatic heterocycles. The van der Waals surface area contributed by atoms with E-state index in [4.69, 9.17) is 23.2 Å². The summed E-state index contributed by atoms with van der Waals surface area (Å²) in [5.74, 6) is 0.303. The number of thioether (sulfide) groups is 1. The quantitative estimate of drug-likeness (QED) is 0.407. The van der Waals surface area contributed by atoms with Crippen molar-refractivity contribution in [2.45, 2.75) is 38.4 Å². The number of amides is 2. The van der Waals surface area contributed by atoms with Crippen LogP contribution < -0.4 is 10.6 Å². The van der Waals surface area contributed by atoms with Crippen molar-refractivity contribution in [1.29, 1.82) is 0 Å². The molecule has 3 rings (SSSR count). The smallest absolute Gasteiger partial charge is 0.234 e. The first-order chi connectivity index (χ1) is 15.4. The molecule has 0 radical (unpaired) electrons. The van der Waals surface area contributed by atoms with Crippen molar-refractivity contribution in [3.05, 3.63) is 63.9 Å². The molecule has 0 spiro atoms. The van der Waals surface area contributed by atoms with Crippen LogP contribution in [0.5, 0.6) is 0 Å². The minimum Gasteiger partial charge on any atom is -0.325 e. The van der Waals surface area contributed by atoms with Crippen LogP contribution in [0.1, 0.15) is 25.2 Å². The predicted octanol–water partition coefficient (Wildman–Crippen LogP) is 5.08. The summed E-state index contributed by atoms with van der Waals surface area (Å²) in [4.78, 5) is 24.9. The Hall–Kier alpha value is -2.55. The van der Waals surface area contributed by atoms with Gasteiger partial charge in [0.25, 0.3) is 0 Å². The zero-order chi connectivity index (χ0) is 23.1. The number of carbonyl (C=O) groups excluding carboxylic acids is 2. The van der Waals surface area contributed by atoms with Gasteiger partial charge in [-0.15, -0.1) is 10.2 Å². The number of anilines is 2. The number of para-hydroxylation sites is 1. The number of hydrogen-bond donors (Lipinski definition) is 2. The minimum atomic E-state index is -0.213. The van der Waals surface area contributed by atoms with Gasteiger partial charge in [-0.2, -0.15) is 0 Å². The SMILES string of the molecule is CCc1ccccc1NC(=O)Cc1nnc(SCC(=O)Nc2ccc(Cl)c(Cl)c2)n1CC. The summed E-state index contributed by atoms with van der Waals surface area (Å²) in [5.41, 5.74) is 2.44. The first-order valence-corrected chi connectivity index (χ1v) is 11.8. The third kappa shape index (κ3) is 6.25. The van der Waals surface area contributed by atoms with Gasteiger partial charge in [-0.25, -0.2) is 0 Å². The van der Waals surface area contributed by atoms with Crippen molar-refractivity contribution >= 4 is 58.2 Å². The zero-order valence-corrected chi connectivity index (χ0v) is 20.0. The number of rotatable bonds is 9. The number of nitrogens with zero attached hydrogens (tertiary/aromatic N) is 3. The average molecular weight is 492 g/mol. The van der Waals surface area contributed by atoms with E-state index in [0.29, 0.717) is 33.3 Å². The lowest BCUT2D eigenvalue weighted by atomic mass is 10.1. The maximum Gasteiger partial charge on any atom is 0.234 e. The van der Waals surface area contributed by atoms with Crippen LogP contribution in [0.15, 0.2) is 47.6 Å². The third-order valence-corrected chi connectivity index (χ3v) is 6.34. The van der Waals surface area contributed by atoms with Crippen LogP contribution in [0.4, 0.5) is 11.4 Å². The van der Waals surface area contributed by atoms with E-state index < -0.39 is 0 Å². The van der Waals surface area contributed by atoms with E-state index in [1.54, 1.807) is 18.2 Å². The highest BCUT2D eigenvalue weighted by Gasteiger charge is 2.17. The van der Waals surface area contributed by atoms with E-state index in [2.05, 4.69) is 20.8 Å². The molecule has 0 aliphatic carbocycles. The molecule has 10 heteroatoms. The standard InChI is InChI=1S/C22H23Cl2N5O2S/c1-3-14-7-5-6-8-18(14)26-20(30)12-19-27-28-22(29(19)4-2)32-13-21(31)25-15-9-10-16(23)17(24)11-15/h5-11H,3-4,12-13H2,1-2H3,(H,25,31)(H,26,30). The molecule has 1 heterocycles. The molecule has 0 saturated carbocycles. The summed E-state index contributed by atoms with van der Waals surface area (Å²) in [6.07, 6.45) is 0.918. The largest absolute Gasteiger partial charge is 0.325 e. The lowest BCUT2D eigenvalue weighted by molar-refractivity contribution is -0.116. The summed E-state index contributed by atoms with van der Waals surface area (Å²) in [7, 11) is 0. The van der Waals surface area contributed by atoms with Gasteiger partial charge in [0, 0.05) is 17.9 Å². The van der Waals surface area contributed by atoms with Gasteiger partial charge in [0.15, 0.2) is 5.16 Å². The Morgan fingerprint density at radius 2 is 1.78 bits per heavy atom. The lowest BCUT2D eigenvalue weighted by Crippen LogP contribution is -2.18. The fourth-order valence-corrected chi connectivity index (χ4v) is 4.18. The van der Waals surface area contributed by atoms with E-state index in [1.807, 2.05) is 42.7 Å². The Kier molecular flexibility index (Phi) is 8.55. The molecule has 0 aliphatic rings. The molecule has 0 saturated heterocycles. The highest BCUT2D eigenvalue weighted by molar-refractivity contribution is 7.99. The van der Waals surface area contributed by atoms with Crippen molar-refractivity contribution in [2.75, 3.05) is 16.4 Å². The van der Waals surface area contributed by atoms with Gasteiger partial charge >= 0.3 is 0 Å². The van der Waals surface area contributed by atoms with Crippen molar-refractivity contribution in [1.82, 2.24) is 14.8 Å². The second-order valence-corrected chi connectivity index (χ2v) is 8.60. The molecule has 7 nitrogen and oxygen atoms in total. The number of halogens is 2. The van der Waals surface area contributed by atoms with Crippen molar-refractivity contribution in [3.8, 4) is 0 Å². The highest BCUT2D eigenvalue weighted by atomic mass is 35.5. The molecule has 3 aromatic rings. The van der Waals surface area contributed by atoms with Crippen molar-refractivity contribution in [3.63, 3.8) is 0 Å². The lowest BCUT2D eigenvalue weighted by Gasteiger charge is -2.10. The summed E-state index contributed by atoms with van der Waals surface area (Å²) in [6.45, 7) is 4.56. The van der Waals surface area contributed by atoms with E-state index in [0.717, 1.165) is 17.7 Å². The van der Waals surface area contributed by atoms with Gasteiger partial charge in [-0.3, -0.25) is 9.59 Å².